The van der Waals surface area contributed by atoms with Crippen molar-refractivity contribution in [1.82, 2.24) is 9.88 Å². The molecule has 7 heteroatoms. The second-order valence-electron chi connectivity index (χ2n) is 8.76. The minimum absolute atomic E-state index is 0.0231. The van der Waals surface area contributed by atoms with E-state index in [1.807, 2.05) is 40.8 Å². The number of rotatable bonds is 6. The minimum Gasteiger partial charge on any atom is -0.487 e. The van der Waals surface area contributed by atoms with Gasteiger partial charge < -0.3 is 14.7 Å². The Balaban J connectivity index is 1.55. The fraction of sp³-hybridized carbons (Fsp3) is 0.545. The Bertz CT molecular complexity index is 819. The average Bonchev–Trinajstić information content (AvgIpc) is 3.16. The van der Waals surface area contributed by atoms with E-state index in [1.54, 1.807) is 11.8 Å². The first kappa shape index (κ1) is 22.1. The summed E-state index contributed by atoms with van der Waals surface area (Å²) in [4.78, 5) is 20.1. The molecule has 1 aromatic heterocycles. The molecule has 1 fully saturated rings. The normalized spacial score (nSPS) is 16.7. The van der Waals surface area contributed by atoms with Crippen LogP contribution in [0.15, 0.2) is 34.5 Å². The second-order valence-corrected chi connectivity index (χ2v) is 10.5. The second kappa shape index (κ2) is 9.06. The SMILES string of the molecule is CSc1ccc(OCc2csc(C3(O)CCN(C(=O)CC(C)(C)C)CC3)n2)cc1. The van der Waals surface area contributed by atoms with Crippen molar-refractivity contribution in [3.05, 3.63) is 40.3 Å². The zero-order valence-electron chi connectivity index (χ0n) is 17.6. The molecule has 158 valence electrons. The molecule has 0 unspecified atom stereocenters. The molecule has 1 aliphatic heterocycles. The molecule has 0 atom stereocenters. The Labute approximate surface area is 181 Å². The largest absolute Gasteiger partial charge is 0.487 e. The van der Waals surface area contributed by atoms with Gasteiger partial charge in [0.05, 0.1) is 5.69 Å². The van der Waals surface area contributed by atoms with Crippen molar-refractivity contribution in [1.29, 1.82) is 0 Å². The first-order valence-electron chi connectivity index (χ1n) is 9.90. The number of likely N-dealkylation sites (tertiary alicyclic amines) is 1. The Morgan fingerprint density at radius 2 is 1.93 bits per heavy atom. The smallest absolute Gasteiger partial charge is 0.223 e. The first-order chi connectivity index (χ1) is 13.7. The lowest BCUT2D eigenvalue weighted by atomic mass is 9.89. The van der Waals surface area contributed by atoms with Crippen LogP contribution in [-0.4, -0.2) is 40.2 Å². The van der Waals surface area contributed by atoms with Gasteiger partial charge in [0.15, 0.2) is 0 Å². The highest BCUT2D eigenvalue weighted by molar-refractivity contribution is 7.98. The molecule has 1 aromatic carbocycles. The number of thioether (sulfide) groups is 1. The van der Waals surface area contributed by atoms with E-state index >= 15 is 0 Å². The Kier molecular flexibility index (Phi) is 6.91. The van der Waals surface area contributed by atoms with E-state index in [0.717, 1.165) is 16.5 Å². The summed E-state index contributed by atoms with van der Waals surface area (Å²) in [5.41, 5.74) is -0.162. The van der Waals surface area contributed by atoms with E-state index in [1.165, 1.54) is 16.2 Å². The number of ether oxygens (including phenoxy) is 1. The van der Waals surface area contributed by atoms with E-state index in [9.17, 15) is 9.90 Å². The molecule has 0 radical (unpaired) electrons. The maximum absolute atomic E-state index is 12.4. The van der Waals surface area contributed by atoms with E-state index in [-0.39, 0.29) is 11.3 Å². The minimum atomic E-state index is -0.957. The molecular formula is C22H30N2O3S2. The molecule has 0 spiro atoms. The number of hydrogen-bond donors (Lipinski definition) is 1. The molecular weight excluding hydrogens is 404 g/mol. The Morgan fingerprint density at radius 1 is 1.28 bits per heavy atom. The maximum atomic E-state index is 12.4. The van der Waals surface area contributed by atoms with Crippen LogP contribution in [-0.2, 0) is 17.0 Å². The maximum Gasteiger partial charge on any atom is 0.223 e. The van der Waals surface area contributed by atoms with Gasteiger partial charge in [-0.3, -0.25) is 4.79 Å². The van der Waals surface area contributed by atoms with E-state index < -0.39 is 5.60 Å². The molecule has 29 heavy (non-hydrogen) atoms. The van der Waals surface area contributed by atoms with Gasteiger partial charge in [0.25, 0.3) is 0 Å². The van der Waals surface area contributed by atoms with Crippen LogP contribution >= 0.6 is 23.1 Å². The molecule has 0 saturated carbocycles. The van der Waals surface area contributed by atoms with Gasteiger partial charge in [-0.1, -0.05) is 20.8 Å². The van der Waals surface area contributed by atoms with Gasteiger partial charge in [-0.15, -0.1) is 23.1 Å². The van der Waals surface area contributed by atoms with Crippen LogP contribution in [0.2, 0.25) is 0 Å². The third-order valence-corrected chi connectivity index (χ3v) is 6.85. The van der Waals surface area contributed by atoms with Gasteiger partial charge in [0.1, 0.15) is 23.0 Å². The number of aromatic nitrogens is 1. The number of amides is 1. The number of nitrogens with zero attached hydrogens (tertiary/aromatic N) is 2. The topological polar surface area (TPSA) is 62.7 Å². The monoisotopic (exact) mass is 434 g/mol. The number of benzene rings is 1. The third-order valence-electron chi connectivity index (χ3n) is 5.02. The van der Waals surface area contributed by atoms with Crippen LogP contribution in [0.5, 0.6) is 5.75 Å². The summed E-state index contributed by atoms with van der Waals surface area (Å²) in [5.74, 6) is 0.974. The number of aliphatic hydroxyl groups is 1. The van der Waals surface area contributed by atoms with Crippen molar-refractivity contribution in [3.8, 4) is 5.75 Å². The summed E-state index contributed by atoms with van der Waals surface area (Å²) in [6.07, 6.45) is 3.62. The average molecular weight is 435 g/mol. The van der Waals surface area contributed by atoms with Crippen molar-refractivity contribution in [3.63, 3.8) is 0 Å². The lowest BCUT2D eigenvalue weighted by Gasteiger charge is -2.37. The van der Waals surface area contributed by atoms with Crippen molar-refractivity contribution >= 4 is 29.0 Å². The number of thiazole rings is 1. The van der Waals surface area contributed by atoms with Crippen molar-refractivity contribution < 1.29 is 14.6 Å². The van der Waals surface area contributed by atoms with E-state index in [2.05, 4.69) is 25.8 Å². The van der Waals surface area contributed by atoms with Crippen LogP contribution in [0.3, 0.4) is 0 Å². The van der Waals surface area contributed by atoms with Gasteiger partial charge in [-0.05, 0) is 35.9 Å². The van der Waals surface area contributed by atoms with Crippen molar-refractivity contribution in [2.24, 2.45) is 5.41 Å². The van der Waals surface area contributed by atoms with Crippen LogP contribution in [0, 0.1) is 5.41 Å². The summed E-state index contributed by atoms with van der Waals surface area (Å²) < 4.78 is 5.82. The molecule has 3 rings (SSSR count). The highest BCUT2D eigenvalue weighted by Gasteiger charge is 2.38. The lowest BCUT2D eigenvalue weighted by molar-refractivity contribution is -0.137. The predicted molar refractivity (Wildman–Crippen MR) is 118 cm³/mol. The summed E-state index contributed by atoms with van der Waals surface area (Å²) >= 11 is 3.16. The summed E-state index contributed by atoms with van der Waals surface area (Å²) in [5, 5.41) is 13.8. The molecule has 0 aliphatic carbocycles. The fourth-order valence-corrected chi connectivity index (χ4v) is 4.69. The predicted octanol–water partition coefficient (Wildman–Crippen LogP) is 4.69. The van der Waals surface area contributed by atoms with Gasteiger partial charge in [-0.25, -0.2) is 4.98 Å². The molecule has 2 heterocycles. The van der Waals surface area contributed by atoms with Crippen molar-refractivity contribution in [2.45, 2.75) is 57.1 Å². The van der Waals surface area contributed by atoms with Gasteiger partial charge in [0.2, 0.25) is 5.91 Å². The van der Waals surface area contributed by atoms with Gasteiger partial charge in [0, 0.05) is 42.6 Å². The Hall–Kier alpha value is -1.57. The molecule has 0 bridgehead atoms. The molecule has 1 saturated heterocycles. The van der Waals surface area contributed by atoms with E-state index in [4.69, 9.17) is 4.74 Å². The van der Waals surface area contributed by atoms with Crippen LogP contribution < -0.4 is 4.74 Å². The standard InChI is InChI=1S/C22H30N2O3S2/c1-21(2,3)13-19(25)24-11-9-22(26,10-12-24)20-23-16(15-29-20)14-27-17-5-7-18(28-4)8-6-17/h5-8,15,26H,9-14H2,1-4H3. The molecule has 1 N–H and O–H groups in total. The Morgan fingerprint density at radius 3 is 2.52 bits per heavy atom. The third kappa shape index (κ3) is 5.96. The summed E-state index contributed by atoms with van der Waals surface area (Å²) in [6.45, 7) is 7.73. The zero-order valence-corrected chi connectivity index (χ0v) is 19.2. The van der Waals surface area contributed by atoms with Gasteiger partial charge >= 0.3 is 0 Å². The molecule has 1 amide bonds. The summed E-state index contributed by atoms with van der Waals surface area (Å²) in [7, 11) is 0. The van der Waals surface area contributed by atoms with Crippen LogP contribution in [0.25, 0.3) is 0 Å². The fourth-order valence-electron chi connectivity index (χ4n) is 3.32. The first-order valence-corrected chi connectivity index (χ1v) is 12.0. The van der Waals surface area contributed by atoms with Crippen LogP contribution in [0.4, 0.5) is 0 Å². The quantitative estimate of drug-likeness (QED) is 0.668. The number of piperidine rings is 1. The van der Waals surface area contributed by atoms with Crippen molar-refractivity contribution in [2.75, 3.05) is 19.3 Å². The summed E-state index contributed by atoms with van der Waals surface area (Å²) in [6, 6.07) is 7.97. The number of carbonyl (C=O) groups excluding carboxylic acids is 1. The number of hydrogen-bond acceptors (Lipinski definition) is 6. The van der Waals surface area contributed by atoms with Crippen LogP contribution in [0.1, 0.15) is 50.7 Å². The molecule has 5 nitrogen and oxygen atoms in total. The highest BCUT2D eigenvalue weighted by Crippen LogP contribution is 2.35. The lowest BCUT2D eigenvalue weighted by Crippen LogP contribution is -2.45. The molecule has 2 aromatic rings. The van der Waals surface area contributed by atoms with Gasteiger partial charge in [-0.2, -0.15) is 0 Å². The zero-order chi connectivity index (χ0) is 21.1. The number of carbonyl (C=O) groups is 1. The highest BCUT2D eigenvalue weighted by atomic mass is 32.2. The molecule has 1 aliphatic rings. The van der Waals surface area contributed by atoms with E-state index in [0.29, 0.717) is 39.0 Å².